The summed E-state index contributed by atoms with van der Waals surface area (Å²) in [6.07, 6.45) is 3.00. The van der Waals surface area contributed by atoms with E-state index in [0.29, 0.717) is 21.2 Å². The lowest BCUT2D eigenvalue weighted by molar-refractivity contribution is 0.104. The van der Waals surface area contributed by atoms with Gasteiger partial charge in [0.05, 0.1) is 5.56 Å². The highest BCUT2D eigenvalue weighted by Crippen LogP contribution is 2.26. The smallest absolute Gasteiger partial charge is 0.189 e. The van der Waals surface area contributed by atoms with Crippen molar-refractivity contribution in [3.63, 3.8) is 0 Å². The average molecular weight is 321 g/mol. The number of phenolic OH excluding ortho intramolecular Hbond substituents is 1. The summed E-state index contributed by atoms with van der Waals surface area (Å²) >= 11 is 11.9. The number of aromatic hydroxyl groups is 1. The zero-order chi connectivity index (χ0) is 15.6. The van der Waals surface area contributed by atoms with Gasteiger partial charge in [-0.3, -0.25) is 4.79 Å². The van der Waals surface area contributed by atoms with Crippen LogP contribution in [0.15, 0.2) is 36.4 Å². The van der Waals surface area contributed by atoms with Gasteiger partial charge in [0.1, 0.15) is 5.75 Å². The Hall–Kier alpha value is -1.77. The summed E-state index contributed by atoms with van der Waals surface area (Å²) in [5.41, 5.74) is 2.58. The second kappa shape index (κ2) is 6.33. The first kappa shape index (κ1) is 15.6. The monoisotopic (exact) mass is 320 g/mol. The molecule has 0 fully saturated rings. The maximum atomic E-state index is 12.2. The molecule has 0 amide bonds. The molecule has 2 rings (SSSR count). The van der Waals surface area contributed by atoms with Crippen molar-refractivity contribution in [1.29, 1.82) is 0 Å². The van der Waals surface area contributed by atoms with Crippen LogP contribution in [0.5, 0.6) is 5.75 Å². The number of ketones is 1. The lowest BCUT2D eigenvalue weighted by Crippen LogP contribution is -1.97. The molecule has 2 nitrogen and oxygen atoms in total. The molecule has 0 atom stereocenters. The minimum atomic E-state index is -0.273. The fourth-order valence-electron chi connectivity index (χ4n) is 2.04. The van der Waals surface area contributed by atoms with E-state index in [1.54, 1.807) is 37.3 Å². The van der Waals surface area contributed by atoms with Crippen LogP contribution in [0.2, 0.25) is 10.0 Å². The van der Waals surface area contributed by atoms with Gasteiger partial charge in [0, 0.05) is 10.0 Å². The molecule has 0 aliphatic heterocycles. The maximum absolute atomic E-state index is 12.2. The van der Waals surface area contributed by atoms with Gasteiger partial charge in [-0.15, -0.1) is 0 Å². The molecule has 0 aliphatic rings. The van der Waals surface area contributed by atoms with Gasteiger partial charge < -0.3 is 5.11 Å². The molecular formula is C17H14Cl2O2. The number of benzene rings is 2. The van der Waals surface area contributed by atoms with Crippen LogP contribution in [0, 0.1) is 13.8 Å². The molecule has 0 aromatic heterocycles. The number of allylic oxidation sites excluding steroid dienone is 1. The van der Waals surface area contributed by atoms with E-state index >= 15 is 0 Å². The second-order valence-electron chi connectivity index (χ2n) is 4.84. The second-order valence-corrected chi connectivity index (χ2v) is 5.69. The molecular weight excluding hydrogens is 307 g/mol. The van der Waals surface area contributed by atoms with E-state index in [2.05, 4.69) is 0 Å². The topological polar surface area (TPSA) is 37.3 Å². The van der Waals surface area contributed by atoms with Crippen molar-refractivity contribution in [2.75, 3.05) is 0 Å². The standard InChI is InChI=1S/C17H14Cl2O2/c1-10-7-11(2)17(21)14(8-10)16(20)6-4-12-3-5-13(18)9-15(12)19/h3-9,21H,1-2H3/b6-4+. The highest BCUT2D eigenvalue weighted by Gasteiger charge is 2.11. The summed E-state index contributed by atoms with van der Waals surface area (Å²) in [5.74, 6) is -0.261. The molecule has 0 heterocycles. The Labute approximate surface area is 133 Å². The first-order valence-corrected chi connectivity index (χ1v) is 7.12. The number of halogens is 2. The van der Waals surface area contributed by atoms with Gasteiger partial charge >= 0.3 is 0 Å². The van der Waals surface area contributed by atoms with Gasteiger partial charge in [0.2, 0.25) is 0 Å². The zero-order valence-electron chi connectivity index (χ0n) is 11.7. The van der Waals surface area contributed by atoms with Gasteiger partial charge in [-0.2, -0.15) is 0 Å². The van der Waals surface area contributed by atoms with Gasteiger partial charge in [-0.1, -0.05) is 35.3 Å². The Morgan fingerprint density at radius 2 is 1.86 bits per heavy atom. The summed E-state index contributed by atoms with van der Waals surface area (Å²) in [7, 11) is 0. The number of aryl methyl sites for hydroxylation is 2. The quantitative estimate of drug-likeness (QED) is 0.622. The minimum Gasteiger partial charge on any atom is -0.507 e. The van der Waals surface area contributed by atoms with Gasteiger partial charge in [0.15, 0.2) is 5.78 Å². The number of hydrogen-bond acceptors (Lipinski definition) is 2. The molecule has 0 saturated carbocycles. The third kappa shape index (κ3) is 3.66. The van der Waals surface area contributed by atoms with Gasteiger partial charge in [0.25, 0.3) is 0 Å². The molecule has 0 spiro atoms. The predicted octanol–water partition coefficient (Wildman–Crippen LogP) is 5.21. The van der Waals surface area contributed by atoms with Crippen LogP contribution in [0.3, 0.4) is 0 Å². The summed E-state index contributed by atoms with van der Waals surface area (Å²) in [5, 5.41) is 11.0. The van der Waals surface area contributed by atoms with Crippen LogP contribution in [-0.4, -0.2) is 10.9 Å². The van der Waals surface area contributed by atoms with E-state index in [9.17, 15) is 9.90 Å². The Bertz CT molecular complexity index is 734. The van der Waals surface area contributed by atoms with E-state index in [0.717, 1.165) is 5.56 Å². The Morgan fingerprint density at radius 3 is 2.52 bits per heavy atom. The molecule has 0 bridgehead atoms. The van der Waals surface area contributed by atoms with E-state index in [4.69, 9.17) is 23.2 Å². The molecule has 2 aromatic rings. The fourth-order valence-corrected chi connectivity index (χ4v) is 2.51. The van der Waals surface area contributed by atoms with E-state index in [1.807, 2.05) is 13.0 Å². The first-order valence-electron chi connectivity index (χ1n) is 6.36. The lowest BCUT2D eigenvalue weighted by Gasteiger charge is -2.06. The summed E-state index contributed by atoms with van der Waals surface area (Å²) in [6.45, 7) is 3.64. The van der Waals surface area contributed by atoms with Gasteiger partial charge in [-0.25, -0.2) is 0 Å². The normalized spacial score (nSPS) is 11.0. The van der Waals surface area contributed by atoms with Crippen molar-refractivity contribution >= 4 is 35.1 Å². The van der Waals surface area contributed by atoms with Crippen LogP contribution in [-0.2, 0) is 0 Å². The number of carbonyl (C=O) groups is 1. The van der Waals surface area contributed by atoms with Crippen LogP contribution >= 0.6 is 23.2 Å². The van der Waals surface area contributed by atoms with Crippen molar-refractivity contribution in [1.82, 2.24) is 0 Å². The van der Waals surface area contributed by atoms with E-state index < -0.39 is 0 Å². The van der Waals surface area contributed by atoms with E-state index in [-0.39, 0.29) is 17.1 Å². The summed E-state index contributed by atoms with van der Waals surface area (Å²) in [6, 6.07) is 8.54. The molecule has 108 valence electrons. The third-order valence-corrected chi connectivity index (χ3v) is 3.65. The number of phenols is 1. The highest BCUT2D eigenvalue weighted by molar-refractivity contribution is 6.35. The molecule has 0 unspecified atom stereocenters. The van der Waals surface area contributed by atoms with Crippen molar-refractivity contribution in [2.24, 2.45) is 0 Å². The van der Waals surface area contributed by atoms with Crippen LogP contribution in [0.4, 0.5) is 0 Å². The molecule has 2 aromatic carbocycles. The molecule has 1 N–H and O–H groups in total. The summed E-state index contributed by atoms with van der Waals surface area (Å²) in [4.78, 5) is 12.2. The zero-order valence-corrected chi connectivity index (χ0v) is 13.2. The Balaban J connectivity index is 2.31. The van der Waals surface area contributed by atoms with Gasteiger partial charge in [-0.05, 0) is 60.9 Å². The lowest BCUT2D eigenvalue weighted by atomic mass is 10.0. The molecule has 4 heteroatoms. The van der Waals surface area contributed by atoms with Crippen molar-refractivity contribution in [2.45, 2.75) is 13.8 Å². The number of carbonyl (C=O) groups excluding carboxylic acids is 1. The molecule has 0 saturated heterocycles. The van der Waals surface area contributed by atoms with Crippen LogP contribution < -0.4 is 0 Å². The van der Waals surface area contributed by atoms with Crippen LogP contribution in [0.25, 0.3) is 6.08 Å². The third-order valence-electron chi connectivity index (χ3n) is 3.09. The Kier molecular flexibility index (Phi) is 4.71. The van der Waals surface area contributed by atoms with Crippen molar-refractivity contribution < 1.29 is 9.90 Å². The highest BCUT2D eigenvalue weighted by atomic mass is 35.5. The molecule has 0 aliphatic carbocycles. The predicted molar refractivity (Wildman–Crippen MR) is 87.4 cm³/mol. The minimum absolute atomic E-state index is 0.0115. The van der Waals surface area contributed by atoms with E-state index in [1.165, 1.54) is 6.08 Å². The SMILES string of the molecule is Cc1cc(C)c(O)c(C(=O)/C=C/c2ccc(Cl)cc2Cl)c1. The molecule has 0 radical (unpaired) electrons. The maximum Gasteiger partial charge on any atom is 0.189 e. The number of rotatable bonds is 3. The average Bonchev–Trinajstić information content (AvgIpc) is 2.41. The van der Waals surface area contributed by atoms with Crippen molar-refractivity contribution in [3.8, 4) is 5.75 Å². The molecule has 21 heavy (non-hydrogen) atoms. The van der Waals surface area contributed by atoms with Crippen molar-refractivity contribution in [3.05, 3.63) is 68.7 Å². The largest absolute Gasteiger partial charge is 0.507 e. The van der Waals surface area contributed by atoms with Crippen LogP contribution in [0.1, 0.15) is 27.0 Å². The number of hydrogen-bond donors (Lipinski definition) is 1. The summed E-state index contributed by atoms with van der Waals surface area (Å²) < 4.78 is 0. The first-order chi connectivity index (χ1) is 9.88. The fraction of sp³-hybridized carbons (Fsp3) is 0.118. The Morgan fingerprint density at radius 1 is 1.14 bits per heavy atom.